The van der Waals surface area contributed by atoms with Crippen molar-refractivity contribution in [2.45, 2.75) is 44.8 Å². The van der Waals surface area contributed by atoms with Crippen molar-refractivity contribution in [1.29, 1.82) is 0 Å². The topological polar surface area (TPSA) is 44.5 Å². The van der Waals surface area contributed by atoms with Crippen molar-refractivity contribution in [3.05, 3.63) is 17.5 Å². The van der Waals surface area contributed by atoms with E-state index in [1.807, 2.05) is 0 Å². The quantitative estimate of drug-likeness (QED) is 0.785. The van der Waals surface area contributed by atoms with E-state index in [0.717, 1.165) is 37.6 Å². The molecular formula is C15H28N4O. The van der Waals surface area contributed by atoms with E-state index in [0.29, 0.717) is 5.54 Å². The Bertz CT molecular complexity index is 412. The number of likely N-dealkylation sites (N-methyl/N-ethyl adjacent to an activating group) is 2. The highest BCUT2D eigenvalue weighted by Gasteiger charge is 2.39. The molecule has 1 heterocycles. The van der Waals surface area contributed by atoms with E-state index < -0.39 is 0 Å². The summed E-state index contributed by atoms with van der Waals surface area (Å²) in [6, 6.07) is 2.06. The summed E-state index contributed by atoms with van der Waals surface area (Å²) in [5, 5.41) is 7.36. The van der Waals surface area contributed by atoms with Crippen molar-refractivity contribution >= 4 is 0 Å². The van der Waals surface area contributed by atoms with Crippen molar-refractivity contribution in [2.75, 3.05) is 34.2 Å². The maximum atomic E-state index is 5.41. The van der Waals surface area contributed by atoms with E-state index in [9.17, 15) is 0 Å². The molecule has 1 N–H and O–H groups in total. The Balaban J connectivity index is 1.84. The largest absolute Gasteiger partial charge is 0.360 e. The standard InChI is InChI=1S/C15H28N4O/c1-5-16-10-13-9-14(20-17-13)11-19(4)12-15(18(2)3)7-6-8-15/h9,16H,5-8,10-12H2,1-4H3. The molecule has 1 aliphatic carbocycles. The third-order valence-electron chi connectivity index (χ3n) is 4.39. The maximum absolute atomic E-state index is 5.41. The Kier molecular flexibility index (Phi) is 5.18. The smallest absolute Gasteiger partial charge is 0.151 e. The lowest BCUT2D eigenvalue weighted by atomic mass is 9.75. The zero-order valence-corrected chi connectivity index (χ0v) is 13.3. The number of hydrogen-bond acceptors (Lipinski definition) is 5. The second-order valence-electron chi connectivity index (χ2n) is 6.21. The van der Waals surface area contributed by atoms with Crippen LogP contribution in [0.15, 0.2) is 10.6 Å². The van der Waals surface area contributed by atoms with Crippen LogP contribution in [0.1, 0.15) is 37.6 Å². The van der Waals surface area contributed by atoms with E-state index >= 15 is 0 Å². The van der Waals surface area contributed by atoms with Gasteiger partial charge in [0.1, 0.15) is 0 Å². The Morgan fingerprint density at radius 2 is 2.10 bits per heavy atom. The molecule has 0 radical (unpaired) electrons. The monoisotopic (exact) mass is 280 g/mol. The molecule has 0 aromatic carbocycles. The van der Waals surface area contributed by atoms with Crippen molar-refractivity contribution in [3.63, 3.8) is 0 Å². The molecule has 0 aliphatic heterocycles. The van der Waals surface area contributed by atoms with Crippen LogP contribution in [0, 0.1) is 0 Å². The lowest BCUT2D eigenvalue weighted by molar-refractivity contribution is 0.0239. The van der Waals surface area contributed by atoms with E-state index in [1.54, 1.807) is 0 Å². The first-order valence-corrected chi connectivity index (χ1v) is 7.57. The zero-order valence-electron chi connectivity index (χ0n) is 13.3. The van der Waals surface area contributed by atoms with Gasteiger partial charge in [0.05, 0.1) is 12.2 Å². The summed E-state index contributed by atoms with van der Waals surface area (Å²) in [5.74, 6) is 0.952. The summed E-state index contributed by atoms with van der Waals surface area (Å²) < 4.78 is 5.41. The Morgan fingerprint density at radius 1 is 1.35 bits per heavy atom. The molecule has 1 aromatic heterocycles. The predicted octanol–water partition coefficient (Wildman–Crippen LogP) is 1.70. The highest BCUT2D eigenvalue weighted by atomic mass is 16.5. The SMILES string of the molecule is CCNCc1cc(CN(C)CC2(N(C)C)CCC2)on1. The lowest BCUT2D eigenvalue weighted by Crippen LogP contribution is -2.56. The van der Waals surface area contributed by atoms with Gasteiger partial charge in [-0.15, -0.1) is 0 Å². The van der Waals surface area contributed by atoms with Gasteiger partial charge in [0.25, 0.3) is 0 Å². The molecule has 0 saturated heterocycles. The maximum Gasteiger partial charge on any atom is 0.151 e. The molecule has 1 fully saturated rings. The molecule has 0 amide bonds. The van der Waals surface area contributed by atoms with Gasteiger partial charge in [-0.3, -0.25) is 4.90 Å². The fraction of sp³-hybridized carbons (Fsp3) is 0.800. The molecule has 0 spiro atoms. The summed E-state index contributed by atoms with van der Waals surface area (Å²) in [5.41, 5.74) is 1.35. The molecule has 0 atom stereocenters. The summed E-state index contributed by atoms with van der Waals surface area (Å²) in [6.07, 6.45) is 3.94. The summed E-state index contributed by atoms with van der Waals surface area (Å²) in [4.78, 5) is 4.72. The minimum Gasteiger partial charge on any atom is -0.360 e. The van der Waals surface area contributed by atoms with Crippen molar-refractivity contribution in [1.82, 2.24) is 20.3 Å². The van der Waals surface area contributed by atoms with Gasteiger partial charge in [-0.1, -0.05) is 12.1 Å². The highest BCUT2D eigenvalue weighted by molar-refractivity contribution is 5.06. The summed E-state index contributed by atoms with van der Waals surface area (Å²) in [7, 11) is 6.54. The van der Waals surface area contributed by atoms with Gasteiger partial charge < -0.3 is 14.7 Å². The molecule has 1 aliphatic rings. The van der Waals surface area contributed by atoms with Gasteiger partial charge in [-0.05, 0) is 47.0 Å². The van der Waals surface area contributed by atoms with Crippen LogP contribution < -0.4 is 5.32 Å². The van der Waals surface area contributed by atoms with Gasteiger partial charge in [0, 0.05) is 24.7 Å². The van der Waals surface area contributed by atoms with Gasteiger partial charge in [-0.25, -0.2) is 0 Å². The van der Waals surface area contributed by atoms with Crippen LogP contribution in [0.5, 0.6) is 0 Å². The normalized spacial score (nSPS) is 17.7. The van der Waals surface area contributed by atoms with Gasteiger partial charge in [0.2, 0.25) is 0 Å². The van der Waals surface area contributed by atoms with Crippen LogP contribution in [0.2, 0.25) is 0 Å². The van der Waals surface area contributed by atoms with Crippen LogP contribution in [-0.4, -0.2) is 54.7 Å². The second kappa shape index (κ2) is 6.70. The first kappa shape index (κ1) is 15.5. The fourth-order valence-electron chi connectivity index (χ4n) is 2.92. The van der Waals surface area contributed by atoms with E-state index in [4.69, 9.17) is 4.52 Å². The van der Waals surface area contributed by atoms with Gasteiger partial charge in [-0.2, -0.15) is 0 Å². The van der Waals surface area contributed by atoms with Crippen LogP contribution in [0.3, 0.4) is 0 Å². The van der Waals surface area contributed by atoms with Crippen LogP contribution in [0.25, 0.3) is 0 Å². The first-order chi connectivity index (χ1) is 9.55. The zero-order chi connectivity index (χ0) is 14.6. The third-order valence-corrected chi connectivity index (χ3v) is 4.39. The second-order valence-corrected chi connectivity index (χ2v) is 6.21. The first-order valence-electron chi connectivity index (χ1n) is 7.57. The molecule has 0 bridgehead atoms. The number of hydrogen-bond donors (Lipinski definition) is 1. The van der Waals surface area contributed by atoms with Gasteiger partial charge in [0.15, 0.2) is 5.76 Å². The highest BCUT2D eigenvalue weighted by Crippen LogP contribution is 2.36. The number of nitrogens with zero attached hydrogens (tertiary/aromatic N) is 3. The fourth-order valence-corrected chi connectivity index (χ4v) is 2.92. The molecule has 0 unspecified atom stereocenters. The van der Waals surface area contributed by atoms with Crippen LogP contribution in [0.4, 0.5) is 0 Å². The van der Waals surface area contributed by atoms with E-state index in [-0.39, 0.29) is 0 Å². The molecule has 20 heavy (non-hydrogen) atoms. The Morgan fingerprint density at radius 3 is 2.65 bits per heavy atom. The average molecular weight is 280 g/mol. The molecular weight excluding hydrogens is 252 g/mol. The predicted molar refractivity (Wildman–Crippen MR) is 80.5 cm³/mol. The van der Waals surface area contributed by atoms with E-state index in [2.05, 4.69) is 54.4 Å². The minimum atomic E-state index is 0.362. The van der Waals surface area contributed by atoms with Crippen molar-refractivity contribution in [2.24, 2.45) is 0 Å². The number of aromatic nitrogens is 1. The van der Waals surface area contributed by atoms with Crippen LogP contribution >= 0.6 is 0 Å². The molecule has 1 aromatic rings. The lowest BCUT2D eigenvalue weighted by Gasteiger charge is -2.49. The summed E-state index contributed by atoms with van der Waals surface area (Å²) >= 11 is 0. The minimum absolute atomic E-state index is 0.362. The average Bonchev–Trinajstić information content (AvgIpc) is 2.78. The Hall–Kier alpha value is -0.910. The van der Waals surface area contributed by atoms with Crippen molar-refractivity contribution < 1.29 is 4.52 Å². The van der Waals surface area contributed by atoms with Crippen molar-refractivity contribution in [3.8, 4) is 0 Å². The summed E-state index contributed by atoms with van der Waals surface area (Å²) in [6.45, 7) is 5.74. The molecule has 114 valence electrons. The van der Waals surface area contributed by atoms with Crippen LogP contribution in [-0.2, 0) is 13.1 Å². The van der Waals surface area contributed by atoms with Gasteiger partial charge >= 0.3 is 0 Å². The molecule has 5 heteroatoms. The molecule has 5 nitrogen and oxygen atoms in total. The third kappa shape index (κ3) is 3.59. The Labute approximate surface area is 122 Å². The number of nitrogens with one attached hydrogen (secondary N) is 1. The number of rotatable bonds is 8. The molecule has 1 saturated carbocycles. The van der Waals surface area contributed by atoms with E-state index in [1.165, 1.54) is 19.3 Å². The molecule has 2 rings (SSSR count).